The Balaban J connectivity index is 2.59. The summed E-state index contributed by atoms with van der Waals surface area (Å²) in [5, 5.41) is 3.85. The van der Waals surface area contributed by atoms with Gasteiger partial charge in [0.1, 0.15) is 6.54 Å². The van der Waals surface area contributed by atoms with Crippen LogP contribution in [-0.4, -0.2) is 28.3 Å². The first kappa shape index (κ1) is 13.0. The fourth-order valence-electron chi connectivity index (χ4n) is 1.13. The third kappa shape index (κ3) is 4.10. The Morgan fingerprint density at radius 2 is 2.24 bits per heavy atom. The average Bonchev–Trinajstić information content (AvgIpc) is 2.65. The van der Waals surface area contributed by atoms with E-state index in [0.717, 1.165) is 0 Å². The topological polar surface area (TPSA) is 70.4 Å². The van der Waals surface area contributed by atoms with Gasteiger partial charge in [0.15, 0.2) is 0 Å². The van der Waals surface area contributed by atoms with Crippen molar-refractivity contribution in [3.8, 4) is 0 Å². The van der Waals surface area contributed by atoms with Crippen molar-refractivity contribution in [3.05, 3.63) is 30.3 Å². The molecule has 0 aliphatic heterocycles. The summed E-state index contributed by atoms with van der Waals surface area (Å²) in [6.45, 7) is 6.95. The van der Waals surface area contributed by atoms with Crippen LogP contribution >= 0.6 is 0 Å². The molecule has 1 rings (SSSR count). The van der Waals surface area contributed by atoms with Crippen LogP contribution < -0.4 is 0 Å². The molecule has 6 heteroatoms. The van der Waals surface area contributed by atoms with Gasteiger partial charge in [-0.05, 0) is 13.8 Å². The molecular formula is C11H14N2O4. The van der Waals surface area contributed by atoms with Crippen molar-refractivity contribution in [2.24, 2.45) is 0 Å². The van der Waals surface area contributed by atoms with Crippen molar-refractivity contribution < 1.29 is 19.1 Å². The van der Waals surface area contributed by atoms with Gasteiger partial charge in [-0.3, -0.25) is 4.68 Å². The number of carbonyl (C=O) groups excluding carboxylic acids is 2. The van der Waals surface area contributed by atoms with Crippen LogP contribution in [0.15, 0.2) is 24.7 Å². The number of hydrogen-bond acceptors (Lipinski definition) is 5. The molecule has 0 aliphatic rings. The van der Waals surface area contributed by atoms with Crippen molar-refractivity contribution in [1.82, 2.24) is 9.78 Å². The molecule has 1 aromatic rings. The summed E-state index contributed by atoms with van der Waals surface area (Å²) in [7, 11) is 0. The maximum Gasteiger partial charge on any atom is 0.341 e. The quantitative estimate of drug-likeness (QED) is 0.568. The van der Waals surface area contributed by atoms with Crippen molar-refractivity contribution in [3.63, 3.8) is 0 Å². The molecule has 6 nitrogen and oxygen atoms in total. The maximum atomic E-state index is 11.3. The first-order valence-corrected chi connectivity index (χ1v) is 5.08. The highest BCUT2D eigenvalue weighted by Crippen LogP contribution is 2.01. The lowest BCUT2D eigenvalue weighted by Gasteiger charge is -2.02. The van der Waals surface area contributed by atoms with Crippen molar-refractivity contribution >= 4 is 11.9 Å². The van der Waals surface area contributed by atoms with E-state index < -0.39 is 11.9 Å². The zero-order valence-electron chi connectivity index (χ0n) is 9.80. The smallest absolute Gasteiger partial charge is 0.341 e. The van der Waals surface area contributed by atoms with Crippen LogP contribution in [-0.2, 0) is 20.8 Å². The largest absolute Gasteiger partial charge is 0.462 e. The minimum atomic E-state index is -0.490. The predicted molar refractivity (Wildman–Crippen MR) is 59.1 cm³/mol. The highest BCUT2D eigenvalue weighted by Gasteiger charge is 2.11. The van der Waals surface area contributed by atoms with Gasteiger partial charge in [-0.1, -0.05) is 6.58 Å². The molecule has 1 aromatic heterocycles. The third-order valence-electron chi connectivity index (χ3n) is 1.72. The van der Waals surface area contributed by atoms with E-state index >= 15 is 0 Å². The lowest BCUT2D eigenvalue weighted by atomic mass is 10.4. The number of ether oxygens (including phenoxy) is 2. The summed E-state index contributed by atoms with van der Waals surface area (Å²) in [6, 6.07) is 0. The Kier molecular flexibility index (Phi) is 4.45. The Labute approximate surface area is 98.8 Å². The number of hydrogen-bond donors (Lipinski definition) is 0. The predicted octanol–water partition coefficient (Wildman–Crippen LogP) is 1.14. The van der Waals surface area contributed by atoms with Crippen LogP contribution in [0.3, 0.4) is 0 Å². The molecule has 0 amide bonds. The number of carbonyl (C=O) groups is 2. The monoisotopic (exact) mass is 238 g/mol. The second-order valence-electron chi connectivity index (χ2n) is 3.32. The molecule has 0 N–H and O–H groups in total. The molecule has 0 atom stereocenters. The van der Waals surface area contributed by atoms with Gasteiger partial charge in [0.25, 0.3) is 0 Å². The Morgan fingerprint density at radius 3 is 2.82 bits per heavy atom. The van der Waals surface area contributed by atoms with Crippen LogP contribution in [0.2, 0.25) is 0 Å². The summed E-state index contributed by atoms with van der Waals surface area (Å²) < 4.78 is 10.9. The number of rotatable bonds is 5. The summed E-state index contributed by atoms with van der Waals surface area (Å²) >= 11 is 0. The maximum absolute atomic E-state index is 11.3. The van der Waals surface area contributed by atoms with Crippen molar-refractivity contribution in [2.75, 3.05) is 6.61 Å². The number of allylic oxidation sites excluding steroid dienone is 1. The summed E-state index contributed by atoms with van der Waals surface area (Å²) in [4.78, 5) is 22.6. The number of aromatic nitrogens is 2. The molecule has 0 radical (unpaired) electrons. The van der Waals surface area contributed by atoms with E-state index in [1.165, 1.54) is 17.1 Å². The summed E-state index contributed by atoms with van der Waals surface area (Å²) in [5.74, 6) is -0.643. The van der Waals surface area contributed by atoms with E-state index in [1.807, 2.05) is 0 Å². The molecule has 0 aliphatic carbocycles. The highest BCUT2D eigenvalue weighted by atomic mass is 16.5. The minimum Gasteiger partial charge on any atom is -0.462 e. The molecule has 92 valence electrons. The van der Waals surface area contributed by atoms with Crippen LogP contribution in [0.4, 0.5) is 0 Å². The molecule has 0 spiro atoms. The second kappa shape index (κ2) is 5.83. The van der Waals surface area contributed by atoms with Crippen LogP contribution in [0.25, 0.3) is 0 Å². The van der Waals surface area contributed by atoms with E-state index in [1.54, 1.807) is 13.8 Å². The molecule has 0 bridgehead atoms. The van der Waals surface area contributed by atoms with Crippen LogP contribution in [0, 0.1) is 0 Å². The fraction of sp³-hybridized carbons (Fsp3) is 0.364. The lowest BCUT2D eigenvalue weighted by Crippen LogP contribution is -2.13. The minimum absolute atomic E-state index is 0.0771. The van der Waals surface area contributed by atoms with E-state index in [0.29, 0.717) is 17.9 Å². The normalized spacial score (nSPS) is 9.76. The van der Waals surface area contributed by atoms with E-state index in [2.05, 4.69) is 11.7 Å². The molecule has 0 saturated carbocycles. The molecular weight excluding hydrogens is 224 g/mol. The van der Waals surface area contributed by atoms with Crippen LogP contribution in [0.5, 0.6) is 0 Å². The van der Waals surface area contributed by atoms with Gasteiger partial charge in [-0.15, -0.1) is 0 Å². The average molecular weight is 238 g/mol. The molecule has 0 saturated heterocycles. The van der Waals surface area contributed by atoms with Crippen molar-refractivity contribution in [1.29, 1.82) is 0 Å². The highest BCUT2D eigenvalue weighted by molar-refractivity contribution is 5.88. The summed E-state index contributed by atoms with van der Waals surface area (Å²) in [5.41, 5.74) is 0.301. The van der Waals surface area contributed by atoms with E-state index in [4.69, 9.17) is 9.47 Å². The zero-order chi connectivity index (χ0) is 12.8. The molecule has 17 heavy (non-hydrogen) atoms. The summed E-state index contributed by atoms with van der Waals surface area (Å²) in [6.07, 6.45) is 2.77. The van der Waals surface area contributed by atoms with Gasteiger partial charge < -0.3 is 9.47 Å². The first-order valence-electron chi connectivity index (χ1n) is 5.08. The first-order chi connectivity index (χ1) is 8.02. The molecule has 1 heterocycles. The van der Waals surface area contributed by atoms with Gasteiger partial charge >= 0.3 is 11.9 Å². The van der Waals surface area contributed by atoms with E-state index in [-0.39, 0.29) is 6.54 Å². The molecule has 0 aromatic carbocycles. The van der Waals surface area contributed by atoms with Gasteiger partial charge in [-0.2, -0.15) is 5.10 Å². The van der Waals surface area contributed by atoms with Gasteiger partial charge in [0, 0.05) is 6.20 Å². The number of nitrogens with zero attached hydrogens (tertiary/aromatic N) is 2. The van der Waals surface area contributed by atoms with Gasteiger partial charge in [0.2, 0.25) is 0 Å². The SMILES string of the molecule is C=C(C)OC(=O)Cn1cc(C(=O)OCC)cn1. The third-order valence-corrected chi connectivity index (χ3v) is 1.72. The Hall–Kier alpha value is -2.11. The molecule has 0 unspecified atom stereocenters. The van der Waals surface area contributed by atoms with E-state index in [9.17, 15) is 9.59 Å². The zero-order valence-corrected chi connectivity index (χ0v) is 9.80. The standard InChI is InChI=1S/C11H14N2O4/c1-4-16-11(15)9-5-12-13(6-9)7-10(14)17-8(2)3/h5-6H,2,4,7H2,1,3H3. The van der Waals surface area contributed by atoms with Crippen molar-refractivity contribution in [2.45, 2.75) is 20.4 Å². The Morgan fingerprint density at radius 1 is 1.53 bits per heavy atom. The second-order valence-corrected chi connectivity index (χ2v) is 3.32. The fourth-order valence-corrected chi connectivity index (χ4v) is 1.13. The number of esters is 2. The lowest BCUT2D eigenvalue weighted by molar-refractivity contribution is -0.140. The van der Waals surface area contributed by atoms with Crippen LogP contribution in [0.1, 0.15) is 24.2 Å². The van der Waals surface area contributed by atoms with Gasteiger partial charge in [0.05, 0.1) is 24.1 Å². The Bertz CT molecular complexity index is 436. The van der Waals surface area contributed by atoms with Gasteiger partial charge in [-0.25, -0.2) is 9.59 Å². The molecule has 0 fully saturated rings.